The summed E-state index contributed by atoms with van der Waals surface area (Å²) in [6, 6.07) is 11.3. The summed E-state index contributed by atoms with van der Waals surface area (Å²) in [4.78, 5) is 40.8. The Morgan fingerprint density at radius 1 is 1.13 bits per heavy atom. The lowest BCUT2D eigenvalue weighted by Crippen LogP contribution is -2.35. The number of ether oxygens (including phenoxy) is 1. The van der Waals surface area contributed by atoms with Crippen LogP contribution in [0.3, 0.4) is 0 Å². The van der Waals surface area contributed by atoms with Crippen LogP contribution in [0, 0.1) is 0 Å². The molecule has 0 saturated carbocycles. The van der Waals surface area contributed by atoms with E-state index in [4.69, 9.17) is 4.74 Å². The number of aryl methyl sites for hydroxylation is 1. The number of thiophene rings is 1. The van der Waals surface area contributed by atoms with Gasteiger partial charge < -0.3 is 10.1 Å². The van der Waals surface area contributed by atoms with Gasteiger partial charge in [0.05, 0.1) is 18.4 Å². The standard InChI is InChI=1S/C23H20N2O4S/c1-29-23(28)20-14-8-2-3-11-17(14)30-21(20)24-18(26)12-25-16-10-5-7-13-6-4-9-15(19(13)16)22(25)27/h4-7,9-10H,2-3,8,11-12H2,1H3,(H,24,26). The zero-order valence-electron chi connectivity index (χ0n) is 16.5. The summed E-state index contributed by atoms with van der Waals surface area (Å²) >= 11 is 1.44. The molecule has 5 rings (SSSR count). The third-order valence-corrected chi connectivity index (χ3v) is 6.97. The lowest BCUT2D eigenvalue weighted by Gasteiger charge is -2.17. The molecule has 30 heavy (non-hydrogen) atoms. The van der Waals surface area contributed by atoms with Gasteiger partial charge in [0.25, 0.3) is 5.91 Å². The molecule has 152 valence electrons. The van der Waals surface area contributed by atoms with Crippen LogP contribution in [0.15, 0.2) is 36.4 Å². The average molecular weight is 420 g/mol. The summed E-state index contributed by atoms with van der Waals surface area (Å²) in [6.45, 7) is -0.115. The summed E-state index contributed by atoms with van der Waals surface area (Å²) in [6.07, 6.45) is 3.81. The molecule has 1 N–H and O–H groups in total. The lowest BCUT2D eigenvalue weighted by molar-refractivity contribution is -0.114. The van der Waals surface area contributed by atoms with Crippen LogP contribution in [0.25, 0.3) is 10.8 Å². The first-order valence-electron chi connectivity index (χ1n) is 9.95. The molecule has 2 aromatic carbocycles. The van der Waals surface area contributed by atoms with Gasteiger partial charge >= 0.3 is 5.97 Å². The number of methoxy groups -OCH3 is 1. The van der Waals surface area contributed by atoms with Gasteiger partial charge in [-0.25, -0.2) is 4.79 Å². The highest BCUT2D eigenvalue weighted by molar-refractivity contribution is 7.17. The molecule has 0 saturated heterocycles. The van der Waals surface area contributed by atoms with E-state index in [0.29, 0.717) is 16.1 Å². The fourth-order valence-electron chi connectivity index (χ4n) is 4.42. The van der Waals surface area contributed by atoms with Gasteiger partial charge in [-0.05, 0) is 48.8 Å². The number of nitrogens with one attached hydrogen (secondary N) is 1. The zero-order valence-corrected chi connectivity index (χ0v) is 17.3. The number of carbonyl (C=O) groups excluding carboxylic acids is 3. The van der Waals surface area contributed by atoms with Crippen LogP contribution in [-0.4, -0.2) is 31.4 Å². The van der Waals surface area contributed by atoms with Gasteiger partial charge in [0, 0.05) is 15.8 Å². The second kappa shape index (κ2) is 7.25. The summed E-state index contributed by atoms with van der Waals surface area (Å²) in [5.41, 5.74) is 2.80. The van der Waals surface area contributed by atoms with E-state index in [2.05, 4.69) is 5.32 Å². The van der Waals surface area contributed by atoms with Crippen molar-refractivity contribution in [3.05, 3.63) is 58.0 Å². The number of carbonyl (C=O) groups is 3. The molecular weight excluding hydrogens is 400 g/mol. The number of fused-ring (bicyclic) bond motifs is 1. The Balaban J connectivity index is 1.43. The number of hydrogen-bond acceptors (Lipinski definition) is 5. The minimum atomic E-state index is -0.431. The van der Waals surface area contributed by atoms with E-state index in [0.717, 1.165) is 52.6 Å². The minimum Gasteiger partial charge on any atom is -0.465 e. The van der Waals surface area contributed by atoms with Crippen molar-refractivity contribution < 1.29 is 19.1 Å². The highest BCUT2D eigenvalue weighted by Gasteiger charge is 2.32. The van der Waals surface area contributed by atoms with Gasteiger partial charge in [-0.2, -0.15) is 0 Å². The largest absolute Gasteiger partial charge is 0.465 e. The van der Waals surface area contributed by atoms with Crippen molar-refractivity contribution in [3.63, 3.8) is 0 Å². The number of hydrogen-bond donors (Lipinski definition) is 1. The van der Waals surface area contributed by atoms with Crippen LogP contribution in [0.2, 0.25) is 0 Å². The molecule has 2 amide bonds. The highest BCUT2D eigenvalue weighted by Crippen LogP contribution is 2.39. The third-order valence-electron chi connectivity index (χ3n) is 5.76. The van der Waals surface area contributed by atoms with E-state index in [9.17, 15) is 14.4 Å². The Labute approximate surface area is 177 Å². The summed E-state index contributed by atoms with van der Waals surface area (Å²) < 4.78 is 4.97. The van der Waals surface area contributed by atoms with E-state index in [1.807, 2.05) is 30.3 Å². The van der Waals surface area contributed by atoms with E-state index in [1.165, 1.54) is 23.3 Å². The number of anilines is 2. The van der Waals surface area contributed by atoms with Crippen molar-refractivity contribution >= 4 is 50.6 Å². The molecule has 0 spiro atoms. The molecule has 1 aliphatic carbocycles. The Hall–Kier alpha value is -3.19. The van der Waals surface area contributed by atoms with Gasteiger partial charge in [-0.15, -0.1) is 11.3 Å². The molecule has 0 bridgehead atoms. The van der Waals surface area contributed by atoms with Gasteiger partial charge in [0.1, 0.15) is 11.5 Å². The van der Waals surface area contributed by atoms with Gasteiger partial charge in [0.15, 0.2) is 0 Å². The lowest BCUT2D eigenvalue weighted by atomic mass is 9.95. The van der Waals surface area contributed by atoms with Crippen LogP contribution < -0.4 is 10.2 Å². The molecule has 0 radical (unpaired) electrons. The Morgan fingerprint density at radius 2 is 1.90 bits per heavy atom. The van der Waals surface area contributed by atoms with Gasteiger partial charge in [-0.3, -0.25) is 14.5 Å². The third kappa shape index (κ3) is 2.89. The van der Waals surface area contributed by atoms with Gasteiger partial charge in [0.2, 0.25) is 5.91 Å². The first-order chi connectivity index (χ1) is 14.6. The highest BCUT2D eigenvalue weighted by atomic mass is 32.1. The van der Waals surface area contributed by atoms with E-state index < -0.39 is 5.97 Å². The second-order valence-corrected chi connectivity index (χ2v) is 8.63. The summed E-state index contributed by atoms with van der Waals surface area (Å²) in [5, 5.41) is 5.24. The SMILES string of the molecule is COC(=O)c1c(NC(=O)CN2C(=O)c3cccc4cccc2c34)sc2c1CCCC2. The first kappa shape index (κ1) is 18.8. The normalized spacial score (nSPS) is 14.7. The van der Waals surface area contributed by atoms with Crippen molar-refractivity contribution in [2.24, 2.45) is 0 Å². The molecule has 2 heterocycles. The number of esters is 1. The second-order valence-electron chi connectivity index (χ2n) is 7.53. The fourth-order valence-corrected chi connectivity index (χ4v) is 5.71. The molecule has 1 aliphatic heterocycles. The van der Waals surface area contributed by atoms with Crippen LogP contribution in [0.5, 0.6) is 0 Å². The molecule has 0 atom stereocenters. The fraction of sp³-hybridized carbons (Fsp3) is 0.261. The number of amides is 2. The van der Waals surface area contributed by atoms with E-state index in [-0.39, 0.29) is 18.4 Å². The van der Waals surface area contributed by atoms with Crippen LogP contribution >= 0.6 is 11.3 Å². The summed E-state index contributed by atoms with van der Waals surface area (Å²) in [5.74, 6) is -0.952. The van der Waals surface area contributed by atoms with Crippen LogP contribution in [0.1, 0.15) is 44.0 Å². The number of rotatable bonds is 4. The molecule has 2 aliphatic rings. The molecule has 7 heteroatoms. The predicted molar refractivity (Wildman–Crippen MR) is 117 cm³/mol. The van der Waals surface area contributed by atoms with Crippen LogP contribution in [0.4, 0.5) is 10.7 Å². The number of benzene rings is 2. The average Bonchev–Trinajstić information content (AvgIpc) is 3.25. The maximum Gasteiger partial charge on any atom is 0.341 e. The maximum absolute atomic E-state index is 12.9. The molecule has 3 aromatic rings. The summed E-state index contributed by atoms with van der Waals surface area (Å²) in [7, 11) is 1.35. The zero-order chi connectivity index (χ0) is 20.8. The monoisotopic (exact) mass is 420 g/mol. The molecule has 0 unspecified atom stereocenters. The van der Waals surface area contributed by atoms with Crippen molar-refractivity contribution in [1.29, 1.82) is 0 Å². The van der Waals surface area contributed by atoms with Crippen molar-refractivity contribution in [2.45, 2.75) is 25.7 Å². The molecular formula is C23H20N2O4S. The molecule has 0 fully saturated rings. The minimum absolute atomic E-state index is 0.115. The maximum atomic E-state index is 12.9. The smallest absolute Gasteiger partial charge is 0.341 e. The Kier molecular flexibility index (Phi) is 4.55. The Morgan fingerprint density at radius 3 is 2.70 bits per heavy atom. The van der Waals surface area contributed by atoms with E-state index >= 15 is 0 Å². The van der Waals surface area contributed by atoms with Crippen LogP contribution in [-0.2, 0) is 22.4 Å². The quantitative estimate of drug-likeness (QED) is 0.643. The first-order valence-corrected chi connectivity index (χ1v) is 10.8. The Bertz CT molecular complexity index is 1210. The number of nitrogens with zero attached hydrogens (tertiary/aromatic N) is 1. The predicted octanol–water partition coefficient (Wildman–Crippen LogP) is 4.17. The van der Waals surface area contributed by atoms with Crippen molar-refractivity contribution in [1.82, 2.24) is 0 Å². The molecule has 6 nitrogen and oxygen atoms in total. The molecule has 1 aromatic heterocycles. The topological polar surface area (TPSA) is 75.7 Å². The van der Waals surface area contributed by atoms with E-state index in [1.54, 1.807) is 6.07 Å². The van der Waals surface area contributed by atoms with Crippen molar-refractivity contribution in [2.75, 3.05) is 23.9 Å². The van der Waals surface area contributed by atoms with Crippen molar-refractivity contribution in [3.8, 4) is 0 Å². The van der Waals surface area contributed by atoms with Gasteiger partial charge in [-0.1, -0.05) is 24.3 Å².